The van der Waals surface area contributed by atoms with E-state index in [2.05, 4.69) is 0 Å². The van der Waals surface area contributed by atoms with Crippen molar-refractivity contribution in [1.82, 2.24) is 4.90 Å². The molecule has 3 fully saturated rings. The number of piperidine rings is 1. The number of carbonyl (C=O) groups excluding carboxylic acids is 2. The predicted molar refractivity (Wildman–Crippen MR) is 96.0 cm³/mol. The van der Waals surface area contributed by atoms with Crippen LogP contribution in [0.25, 0.3) is 0 Å². The van der Waals surface area contributed by atoms with E-state index in [1.807, 2.05) is 4.90 Å². The normalized spacial score (nSPS) is 24.9. The monoisotopic (exact) mass is 391 g/mol. The molecule has 0 aliphatic carbocycles. The summed E-state index contributed by atoms with van der Waals surface area (Å²) in [7, 11) is 1.34. The maximum atomic E-state index is 13.0. The molecule has 1 aromatic rings. The Labute approximate surface area is 161 Å². The maximum Gasteiger partial charge on any atom is 0.273 e. The van der Waals surface area contributed by atoms with Crippen molar-refractivity contribution >= 4 is 23.2 Å². The fourth-order valence-corrected chi connectivity index (χ4v) is 4.08. The number of nitrogens with zero attached hydrogens (tertiary/aromatic N) is 3. The van der Waals surface area contributed by atoms with Crippen LogP contribution in [0.1, 0.15) is 19.3 Å². The summed E-state index contributed by atoms with van der Waals surface area (Å²) in [6, 6.07) is 3.28. The van der Waals surface area contributed by atoms with E-state index in [0.29, 0.717) is 39.1 Å². The third-order valence-electron chi connectivity index (χ3n) is 5.55. The Bertz CT molecular complexity index is 811. The zero-order valence-electron chi connectivity index (χ0n) is 15.5. The number of nitro groups is 1. The van der Waals surface area contributed by atoms with E-state index in [4.69, 9.17) is 14.2 Å². The predicted octanol–water partition coefficient (Wildman–Crippen LogP) is 1.07. The Hall–Kier alpha value is -2.56. The van der Waals surface area contributed by atoms with Gasteiger partial charge >= 0.3 is 0 Å². The first-order valence-corrected chi connectivity index (χ1v) is 9.15. The average molecular weight is 391 g/mol. The molecular weight excluding hydrogens is 370 g/mol. The second-order valence-corrected chi connectivity index (χ2v) is 7.04. The van der Waals surface area contributed by atoms with Gasteiger partial charge in [-0.25, -0.2) is 4.90 Å². The number of non-ortho nitro benzene ring substituents is 1. The van der Waals surface area contributed by atoms with Gasteiger partial charge in [-0.3, -0.25) is 24.6 Å². The van der Waals surface area contributed by atoms with Crippen molar-refractivity contribution in [3.05, 3.63) is 28.3 Å². The number of ether oxygens (including phenoxy) is 3. The summed E-state index contributed by atoms with van der Waals surface area (Å²) in [4.78, 5) is 39.1. The van der Waals surface area contributed by atoms with Crippen molar-refractivity contribution in [3.63, 3.8) is 0 Å². The lowest BCUT2D eigenvalue weighted by Crippen LogP contribution is -2.51. The molecule has 3 heterocycles. The summed E-state index contributed by atoms with van der Waals surface area (Å²) in [6.07, 6.45) is 1.35. The SMILES string of the molecule is COc1cc([N+](=O)[O-])ccc1N1C(=O)CC(N2CCC3(CC2)OCCO3)C1=O. The summed E-state index contributed by atoms with van der Waals surface area (Å²) in [6.45, 7) is 2.34. The third-order valence-corrected chi connectivity index (χ3v) is 5.55. The molecule has 10 heteroatoms. The Morgan fingerprint density at radius 1 is 1.21 bits per heavy atom. The highest BCUT2D eigenvalue weighted by Gasteiger charge is 2.47. The molecule has 1 unspecified atom stereocenters. The molecule has 10 nitrogen and oxygen atoms in total. The van der Waals surface area contributed by atoms with Gasteiger partial charge in [-0.15, -0.1) is 0 Å². The molecule has 4 rings (SSSR count). The first-order valence-electron chi connectivity index (χ1n) is 9.15. The Balaban J connectivity index is 1.52. The fourth-order valence-electron chi connectivity index (χ4n) is 4.08. The highest BCUT2D eigenvalue weighted by atomic mass is 16.7. The van der Waals surface area contributed by atoms with E-state index in [-0.39, 0.29) is 35.4 Å². The second-order valence-electron chi connectivity index (χ2n) is 7.04. The van der Waals surface area contributed by atoms with Crippen LogP contribution < -0.4 is 9.64 Å². The fraction of sp³-hybridized carbons (Fsp3) is 0.556. The smallest absolute Gasteiger partial charge is 0.273 e. The van der Waals surface area contributed by atoms with Gasteiger partial charge in [0.25, 0.3) is 11.6 Å². The number of benzene rings is 1. The molecule has 0 aromatic heterocycles. The minimum atomic E-state index is -0.564. The molecule has 28 heavy (non-hydrogen) atoms. The lowest BCUT2D eigenvalue weighted by atomic mass is 10.0. The van der Waals surface area contributed by atoms with Crippen molar-refractivity contribution in [2.45, 2.75) is 31.1 Å². The van der Waals surface area contributed by atoms with Gasteiger partial charge < -0.3 is 14.2 Å². The number of rotatable bonds is 4. The molecule has 1 spiro atoms. The lowest BCUT2D eigenvalue weighted by Gasteiger charge is -2.39. The second kappa shape index (κ2) is 7.12. The van der Waals surface area contributed by atoms with Gasteiger partial charge in [-0.1, -0.05) is 0 Å². The van der Waals surface area contributed by atoms with Gasteiger partial charge in [0.15, 0.2) is 5.79 Å². The van der Waals surface area contributed by atoms with Crippen molar-refractivity contribution in [1.29, 1.82) is 0 Å². The van der Waals surface area contributed by atoms with E-state index in [0.717, 1.165) is 4.90 Å². The number of likely N-dealkylation sites (tertiary alicyclic amines) is 1. The number of anilines is 1. The molecule has 150 valence electrons. The Morgan fingerprint density at radius 3 is 2.50 bits per heavy atom. The molecule has 1 atom stereocenters. The topological polar surface area (TPSA) is 111 Å². The van der Waals surface area contributed by atoms with Crippen LogP contribution in [0, 0.1) is 10.1 Å². The molecule has 0 saturated carbocycles. The maximum absolute atomic E-state index is 13.0. The highest BCUT2D eigenvalue weighted by Crippen LogP contribution is 2.38. The number of hydrogen-bond acceptors (Lipinski definition) is 8. The Morgan fingerprint density at radius 2 is 1.89 bits per heavy atom. The summed E-state index contributed by atoms with van der Waals surface area (Å²) < 4.78 is 16.6. The van der Waals surface area contributed by atoms with Gasteiger partial charge in [0.2, 0.25) is 5.91 Å². The summed E-state index contributed by atoms with van der Waals surface area (Å²) in [5.74, 6) is -1.14. The van der Waals surface area contributed by atoms with Crippen LogP contribution in [0.15, 0.2) is 18.2 Å². The van der Waals surface area contributed by atoms with Crippen molar-refractivity contribution in [3.8, 4) is 5.75 Å². The molecule has 2 amide bonds. The molecule has 0 N–H and O–H groups in total. The summed E-state index contributed by atoms with van der Waals surface area (Å²) in [5.41, 5.74) is 0.0516. The van der Waals surface area contributed by atoms with Crippen LogP contribution in [0.3, 0.4) is 0 Å². The molecule has 3 saturated heterocycles. The van der Waals surface area contributed by atoms with Gasteiger partial charge in [-0.05, 0) is 6.07 Å². The van der Waals surface area contributed by atoms with Crippen molar-refractivity contribution in [2.75, 3.05) is 38.3 Å². The van der Waals surface area contributed by atoms with Gasteiger partial charge in [-0.2, -0.15) is 0 Å². The number of imide groups is 1. The largest absolute Gasteiger partial charge is 0.494 e. The molecule has 3 aliphatic heterocycles. The first kappa shape index (κ1) is 18.8. The van der Waals surface area contributed by atoms with Crippen LogP contribution in [0.5, 0.6) is 5.75 Å². The van der Waals surface area contributed by atoms with E-state index >= 15 is 0 Å². The van der Waals surface area contributed by atoms with Crippen LogP contribution >= 0.6 is 0 Å². The quantitative estimate of drug-likeness (QED) is 0.426. The molecule has 0 bridgehead atoms. The number of nitro benzene ring substituents is 1. The number of carbonyl (C=O) groups is 2. The van der Waals surface area contributed by atoms with E-state index in [1.165, 1.54) is 25.3 Å². The van der Waals surface area contributed by atoms with E-state index in [9.17, 15) is 19.7 Å². The molecular formula is C18H21N3O7. The van der Waals surface area contributed by atoms with Crippen LogP contribution in [-0.4, -0.2) is 66.9 Å². The molecule has 0 radical (unpaired) electrons. The zero-order chi connectivity index (χ0) is 19.9. The number of methoxy groups -OCH3 is 1. The number of hydrogen-bond donors (Lipinski definition) is 0. The zero-order valence-corrected chi connectivity index (χ0v) is 15.5. The van der Waals surface area contributed by atoms with Gasteiger partial charge in [0.1, 0.15) is 5.75 Å². The first-order chi connectivity index (χ1) is 13.4. The minimum Gasteiger partial charge on any atom is -0.494 e. The minimum absolute atomic E-state index is 0.0632. The molecule has 3 aliphatic rings. The summed E-state index contributed by atoms with van der Waals surface area (Å²) >= 11 is 0. The van der Waals surface area contributed by atoms with Crippen LogP contribution in [0.2, 0.25) is 0 Å². The highest BCUT2D eigenvalue weighted by molar-refractivity contribution is 6.23. The summed E-state index contributed by atoms with van der Waals surface area (Å²) in [5, 5.41) is 11.0. The van der Waals surface area contributed by atoms with E-state index in [1.54, 1.807) is 0 Å². The van der Waals surface area contributed by atoms with E-state index < -0.39 is 16.8 Å². The average Bonchev–Trinajstić information content (AvgIpc) is 3.26. The van der Waals surface area contributed by atoms with Crippen molar-refractivity contribution in [2.24, 2.45) is 0 Å². The number of amides is 2. The van der Waals surface area contributed by atoms with Gasteiger partial charge in [0, 0.05) is 32.0 Å². The van der Waals surface area contributed by atoms with Gasteiger partial charge in [0.05, 0.1) is 49.5 Å². The Kier molecular flexibility index (Phi) is 4.77. The standard InChI is InChI=1S/C18H21N3O7/c1-26-15-10-12(21(24)25)2-3-13(15)20-16(22)11-14(17(20)23)19-6-4-18(5-7-19)27-8-9-28-18/h2-3,10,14H,4-9,11H2,1H3. The lowest BCUT2D eigenvalue weighted by molar-refractivity contribution is -0.384. The molecule has 1 aromatic carbocycles. The van der Waals surface area contributed by atoms with Crippen LogP contribution in [-0.2, 0) is 19.1 Å². The van der Waals surface area contributed by atoms with Crippen molar-refractivity contribution < 1.29 is 28.7 Å². The van der Waals surface area contributed by atoms with Crippen LogP contribution in [0.4, 0.5) is 11.4 Å². The third kappa shape index (κ3) is 3.13.